The van der Waals surface area contributed by atoms with Gasteiger partial charge in [-0.25, -0.2) is 4.98 Å². The summed E-state index contributed by atoms with van der Waals surface area (Å²) in [4.78, 5) is 6.82. The van der Waals surface area contributed by atoms with Crippen molar-refractivity contribution in [1.29, 1.82) is 0 Å². The molecule has 0 aliphatic carbocycles. The fourth-order valence-corrected chi connectivity index (χ4v) is 1.99. The van der Waals surface area contributed by atoms with Crippen LogP contribution in [0.4, 0.5) is 0 Å². The number of rotatable bonds is 3. The van der Waals surface area contributed by atoms with Gasteiger partial charge in [-0.3, -0.25) is 0 Å². The highest BCUT2D eigenvalue weighted by Crippen LogP contribution is 2.14. The number of nitrogens with two attached hydrogens (primary N) is 1. The summed E-state index contributed by atoms with van der Waals surface area (Å²) in [5.41, 5.74) is 7.13. The third kappa shape index (κ3) is 2.58. The van der Waals surface area contributed by atoms with Crippen molar-refractivity contribution in [2.24, 2.45) is 5.73 Å². The lowest BCUT2D eigenvalue weighted by atomic mass is 10.1. The molecule has 2 heterocycles. The van der Waals surface area contributed by atoms with Crippen molar-refractivity contribution in [3.63, 3.8) is 0 Å². The van der Waals surface area contributed by atoms with Crippen LogP contribution in [0.1, 0.15) is 17.9 Å². The van der Waals surface area contributed by atoms with Crippen LogP contribution in [0.5, 0.6) is 0 Å². The first-order valence-electron chi connectivity index (χ1n) is 5.60. The molecule has 1 aromatic rings. The fourth-order valence-electron chi connectivity index (χ4n) is 1.99. The Balaban J connectivity index is 2.03. The molecule has 0 fully saturated rings. The molecule has 0 saturated heterocycles. The quantitative estimate of drug-likeness (QED) is 0.775. The average Bonchev–Trinajstić information content (AvgIpc) is 2.56. The summed E-state index contributed by atoms with van der Waals surface area (Å²) in [6, 6.07) is 0.313. The molecule has 1 aliphatic rings. The van der Waals surface area contributed by atoms with Crippen LogP contribution in [-0.2, 0) is 19.4 Å². The Morgan fingerprint density at radius 3 is 3.13 bits per heavy atom. The molecule has 15 heavy (non-hydrogen) atoms. The van der Waals surface area contributed by atoms with E-state index in [1.165, 1.54) is 11.5 Å². The second kappa shape index (κ2) is 4.33. The van der Waals surface area contributed by atoms with Crippen molar-refractivity contribution in [3.8, 4) is 0 Å². The van der Waals surface area contributed by atoms with E-state index in [2.05, 4.69) is 34.7 Å². The second-order valence-electron chi connectivity index (χ2n) is 4.65. The summed E-state index contributed by atoms with van der Waals surface area (Å²) in [6.07, 6.45) is 5.30. The molecular formula is C11H20N4. The maximum atomic E-state index is 5.92. The van der Waals surface area contributed by atoms with E-state index in [1.807, 2.05) is 0 Å². The zero-order valence-electron chi connectivity index (χ0n) is 9.61. The Hall–Kier alpha value is -0.870. The van der Waals surface area contributed by atoms with Gasteiger partial charge in [0.1, 0.15) is 5.82 Å². The van der Waals surface area contributed by atoms with Gasteiger partial charge in [0.15, 0.2) is 0 Å². The van der Waals surface area contributed by atoms with E-state index in [0.29, 0.717) is 6.04 Å². The van der Waals surface area contributed by atoms with Gasteiger partial charge in [-0.15, -0.1) is 0 Å². The highest BCUT2D eigenvalue weighted by molar-refractivity contribution is 5.07. The van der Waals surface area contributed by atoms with Crippen molar-refractivity contribution in [2.45, 2.75) is 31.8 Å². The largest absolute Gasteiger partial charge is 0.333 e. The molecule has 2 rings (SSSR count). The third-order valence-electron chi connectivity index (χ3n) is 2.89. The van der Waals surface area contributed by atoms with E-state index in [4.69, 9.17) is 5.73 Å². The second-order valence-corrected chi connectivity index (χ2v) is 4.65. The van der Waals surface area contributed by atoms with Crippen LogP contribution in [0, 0.1) is 0 Å². The van der Waals surface area contributed by atoms with Gasteiger partial charge in [0.05, 0.1) is 5.69 Å². The number of likely N-dealkylation sites (N-methyl/N-ethyl adjacent to an activating group) is 1. The van der Waals surface area contributed by atoms with Crippen molar-refractivity contribution >= 4 is 0 Å². The lowest BCUT2D eigenvalue weighted by Crippen LogP contribution is -2.31. The zero-order chi connectivity index (χ0) is 10.8. The summed E-state index contributed by atoms with van der Waals surface area (Å²) in [5, 5.41) is 0. The Morgan fingerprint density at radius 1 is 1.60 bits per heavy atom. The summed E-state index contributed by atoms with van der Waals surface area (Å²) in [5.74, 6) is 1.21. The first-order chi connectivity index (χ1) is 7.15. The number of imidazole rings is 1. The van der Waals surface area contributed by atoms with Gasteiger partial charge in [0.2, 0.25) is 0 Å². The molecule has 0 saturated carbocycles. The van der Waals surface area contributed by atoms with E-state index in [1.54, 1.807) is 0 Å². The lowest BCUT2D eigenvalue weighted by Gasteiger charge is -2.19. The summed E-state index contributed by atoms with van der Waals surface area (Å²) in [7, 11) is 4.18. The monoisotopic (exact) mass is 208 g/mol. The van der Waals surface area contributed by atoms with Crippen molar-refractivity contribution in [1.82, 2.24) is 14.5 Å². The summed E-state index contributed by atoms with van der Waals surface area (Å²) < 4.78 is 2.22. The molecule has 2 N–H and O–H groups in total. The van der Waals surface area contributed by atoms with Gasteiger partial charge in [0.25, 0.3) is 0 Å². The van der Waals surface area contributed by atoms with Gasteiger partial charge in [-0.05, 0) is 20.5 Å². The maximum absolute atomic E-state index is 5.92. The van der Waals surface area contributed by atoms with Crippen LogP contribution in [0.3, 0.4) is 0 Å². The molecular weight excluding hydrogens is 188 g/mol. The van der Waals surface area contributed by atoms with E-state index < -0.39 is 0 Å². The number of fused-ring (bicyclic) bond motifs is 1. The number of hydrogen-bond acceptors (Lipinski definition) is 3. The van der Waals surface area contributed by atoms with Crippen molar-refractivity contribution in [2.75, 3.05) is 20.6 Å². The highest BCUT2D eigenvalue weighted by atomic mass is 15.1. The normalized spacial score (nSPS) is 20.7. The van der Waals surface area contributed by atoms with E-state index in [-0.39, 0.29) is 0 Å². The minimum absolute atomic E-state index is 0.313. The maximum Gasteiger partial charge on any atom is 0.109 e. The van der Waals surface area contributed by atoms with E-state index in [0.717, 1.165) is 32.4 Å². The molecule has 1 aromatic heterocycles. The smallest absolute Gasteiger partial charge is 0.109 e. The molecule has 4 heteroatoms. The van der Waals surface area contributed by atoms with Crippen molar-refractivity contribution in [3.05, 3.63) is 17.7 Å². The molecule has 4 nitrogen and oxygen atoms in total. The number of aromatic nitrogens is 2. The van der Waals surface area contributed by atoms with Crippen molar-refractivity contribution < 1.29 is 0 Å². The molecule has 1 atom stereocenters. The van der Waals surface area contributed by atoms with Gasteiger partial charge in [-0.2, -0.15) is 0 Å². The lowest BCUT2D eigenvalue weighted by molar-refractivity contribution is 0.412. The third-order valence-corrected chi connectivity index (χ3v) is 2.89. The Kier molecular flexibility index (Phi) is 3.07. The van der Waals surface area contributed by atoms with Crippen LogP contribution < -0.4 is 5.73 Å². The SMILES string of the molecule is CN(C)CCc1cn2c(n1)CCC(N)C2. The highest BCUT2D eigenvalue weighted by Gasteiger charge is 2.17. The number of nitrogens with zero attached hydrogens (tertiary/aromatic N) is 3. The van der Waals surface area contributed by atoms with Gasteiger partial charge in [-0.1, -0.05) is 0 Å². The zero-order valence-corrected chi connectivity index (χ0v) is 9.61. The first kappa shape index (κ1) is 10.6. The Morgan fingerprint density at radius 2 is 2.40 bits per heavy atom. The van der Waals surface area contributed by atoms with Crippen LogP contribution in [-0.4, -0.2) is 41.1 Å². The molecule has 0 amide bonds. The van der Waals surface area contributed by atoms with Gasteiger partial charge < -0.3 is 15.2 Å². The predicted molar refractivity (Wildman–Crippen MR) is 60.8 cm³/mol. The first-order valence-corrected chi connectivity index (χ1v) is 5.60. The topological polar surface area (TPSA) is 47.1 Å². The fraction of sp³-hybridized carbons (Fsp3) is 0.727. The van der Waals surface area contributed by atoms with Crippen LogP contribution in [0.25, 0.3) is 0 Å². The van der Waals surface area contributed by atoms with Crippen LogP contribution >= 0.6 is 0 Å². The Labute approximate surface area is 91.1 Å². The summed E-state index contributed by atoms with van der Waals surface area (Å²) in [6.45, 7) is 1.99. The standard InChI is InChI=1S/C11H20N4/c1-14(2)6-5-10-8-15-7-9(12)3-4-11(15)13-10/h8-9H,3-7,12H2,1-2H3. The molecule has 0 aromatic carbocycles. The Bertz CT molecular complexity index is 329. The molecule has 1 unspecified atom stereocenters. The van der Waals surface area contributed by atoms with Crippen LogP contribution in [0.2, 0.25) is 0 Å². The molecule has 84 valence electrons. The van der Waals surface area contributed by atoms with Gasteiger partial charge in [0, 0.05) is 38.2 Å². The molecule has 0 spiro atoms. The van der Waals surface area contributed by atoms with Crippen LogP contribution in [0.15, 0.2) is 6.20 Å². The average molecular weight is 208 g/mol. The summed E-state index contributed by atoms with van der Waals surface area (Å²) >= 11 is 0. The number of hydrogen-bond donors (Lipinski definition) is 1. The van der Waals surface area contributed by atoms with E-state index >= 15 is 0 Å². The molecule has 0 bridgehead atoms. The minimum Gasteiger partial charge on any atom is -0.333 e. The minimum atomic E-state index is 0.313. The molecule has 0 radical (unpaired) electrons. The van der Waals surface area contributed by atoms with E-state index in [9.17, 15) is 0 Å². The van der Waals surface area contributed by atoms with Gasteiger partial charge >= 0.3 is 0 Å². The number of aryl methyl sites for hydroxylation is 1. The predicted octanol–water partition coefficient (Wildman–Crippen LogP) is 0.261. The molecule has 1 aliphatic heterocycles.